The largest absolute Gasteiger partial charge is 0.417 e. The number of carbonyl (C=O) groups excluding carboxylic acids is 1. The molecule has 1 aromatic rings. The molecule has 0 radical (unpaired) electrons. The molecule has 0 aliphatic heterocycles. The minimum Gasteiger partial charge on any atom is -0.355 e. The van der Waals surface area contributed by atoms with Gasteiger partial charge < -0.3 is 5.32 Å². The molecule has 5 nitrogen and oxygen atoms in total. The lowest BCUT2D eigenvalue weighted by Crippen LogP contribution is -2.37. The van der Waals surface area contributed by atoms with Crippen LogP contribution in [0.1, 0.15) is 26.3 Å². The van der Waals surface area contributed by atoms with Crippen molar-refractivity contribution in [3.05, 3.63) is 23.9 Å². The summed E-state index contributed by atoms with van der Waals surface area (Å²) >= 11 is 0. The van der Waals surface area contributed by atoms with Crippen LogP contribution in [-0.2, 0) is 20.8 Å². The van der Waals surface area contributed by atoms with E-state index in [1.165, 1.54) is 0 Å². The van der Waals surface area contributed by atoms with Gasteiger partial charge in [-0.3, -0.25) is 4.79 Å². The van der Waals surface area contributed by atoms with Crippen molar-refractivity contribution in [2.45, 2.75) is 32.0 Å². The number of amides is 1. The number of rotatable bonds is 4. The van der Waals surface area contributed by atoms with Crippen LogP contribution in [0, 0.1) is 5.41 Å². The van der Waals surface area contributed by atoms with E-state index in [0.717, 1.165) is 6.07 Å². The zero-order chi connectivity index (χ0) is 17.2. The summed E-state index contributed by atoms with van der Waals surface area (Å²) < 4.78 is 61.0. The molecule has 0 saturated heterocycles. The van der Waals surface area contributed by atoms with Crippen LogP contribution in [0.25, 0.3) is 0 Å². The minimum atomic E-state index is -4.57. The number of sulfone groups is 1. The van der Waals surface area contributed by atoms with Gasteiger partial charge in [-0.1, -0.05) is 20.8 Å². The van der Waals surface area contributed by atoms with E-state index in [0.29, 0.717) is 12.3 Å². The summed E-state index contributed by atoms with van der Waals surface area (Å²) in [6.45, 7) is 4.89. The number of nitrogens with zero attached hydrogens (tertiary/aromatic N) is 1. The molecule has 9 heteroatoms. The molecule has 0 aliphatic rings. The van der Waals surface area contributed by atoms with Crippen LogP contribution in [0.15, 0.2) is 23.4 Å². The maximum Gasteiger partial charge on any atom is 0.417 e. The van der Waals surface area contributed by atoms with E-state index in [2.05, 4.69) is 10.3 Å². The zero-order valence-electron chi connectivity index (χ0n) is 12.4. The van der Waals surface area contributed by atoms with Gasteiger partial charge in [0.25, 0.3) is 0 Å². The first-order valence-corrected chi connectivity index (χ1v) is 8.03. The number of hydrogen-bond acceptors (Lipinski definition) is 4. The van der Waals surface area contributed by atoms with E-state index in [1.807, 2.05) is 0 Å². The van der Waals surface area contributed by atoms with Gasteiger partial charge in [-0.05, 0) is 12.1 Å². The highest BCUT2D eigenvalue weighted by molar-refractivity contribution is 7.91. The summed E-state index contributed by atoms with van der Waals surface area (Å²) in [6.07, 6.45) is -4.10. The van der Waals surface area contributed by atoms with Crippen LogP contribution >= 0.6 is 0 Å². The highest BCUT2D eigenvalue weighted by Crippen LogP contribution is 2.28. The van der Waals surface area contributed by atoms with Gasteiger partial charge in [0.05, 0.1) is 11.3 Å². The summed E-state index contributed by atoms with van der Waals surface area (Å²) in [4.78, 5) is 14.9. The van der Waals surface area contributed by atoms with Gasteiger partial charge >= 0.3 is 6.18 Å². The predicted molar refractivity (Wildman–Crippen MR) is 73.8 cm³/mol. The van der Waals surface area contributed by atoms with Crippen molar-refractivity contribution in [1.29, 1.82) is 0 Å². The molecule has 1 heterocycles. The Kier molecular flexibility index (Phi) is 5.21. The minimum absolute atomic E-state index is 0.138. The summed E-state index contributed by atoms with van der Waals surface area (Å²) in [6, 6.07) is 1.47. The Hall–Kier alpha value is -1.64. The average Bonchev–Trinajstić information content (AvgIpc) is 2.36. The second kappa shape index (κ2) is 6.23. The van der Waals surface area contributed by atoms with Crippen molar-refractivity contribution in [2.75, 3.05) is 12.3 Å². The van der Waals surface area contributed by atoms with E-state index in [4.69, 9.17) is 0 Å². The van der Waals surface area contributed by atoms with E-state index >= 15 is 0 Å². The first-order valence-electron chi connectivity index (χ1n) is 6.38. The molecular formula is C13H17F3N2O3S. The number of nitrogens with one attached hydrogen (secondary N) is 1. The van der Waals surface area contributed by atoms with Gasteiger partial charge in [-0.15, -0.1) is 0 Å². The average molecular weight is 338 g/mol. The molecule has 1 N–H and O–H groups in total. The van der Waals surface area contributed by atoms with Crippen molar-refractivity contribution < 1.29 is 26.4 Å². The maximum atomic E-state index is 12.4. The number of carbonyl (C=O) groups is 1. The summed E-state index contributed by atoms with van der Waals surface area (Å²) in [5.41, 5.74) is -1.68. The quantitative estimate of drug-likeness (QED) is 0.911. The van der Waals surface area contributed by atoms with Crippen LogP contribution in [0.5, 0.6) is 0 Å². The lowest BCUT2D eigenvalue weighted by Gasteiger charge is -2.17. The van der Waals surface area contributed by atoms with Crippen molar-refractivity contribution in [3.8, 4) is 0 Å². The van der Waals surface area contributed by atoms with E-state index in [-0.39, 0.29) is 12.5 Å². The Labute approximate surface area is 126 Å². The van der Waals surface area contributed by atoms with E-state index in [1.54, 1.807) is 20.8 Å². The standard InChI is InChI=1S/C13H17F3N2O3S/c1-12(2,3)11(19)17-6-7-22(20,21)10-5-4-9(8-18-10)13(14,15)16/h4-5,8H,6-7H2,1-3H3,(H,17,19). The van der Waals surface area contributed by atoms with Gasteiger partial charge in [0.2, 0.25) is 5.91 Å². The molecule has 1 amide bonds. The predicted octanol–water partition coefficient (Wildman–Crippen LogP) is 2.04. The van der Waals surface area contributed by atoms with Crippen molar-refractivity contribution in [3.63, 3.8) is 0 Å². The highest BCUT2D eigenvalue weighted by Gasteiger charge is 2.31. The Bertz CT molecular complexity index is 632. The number of pyridine rings is 1. The summed E-state index contributed by atoms with van der Waals surface area (Å²) in [5.74, 6) is -0.754. The molecule has 22 heavy (non-hydrogen) atoms. The number of alkyl halides is 3. The molecule has 0 aliphatic carbocycles. The van der Waals surface area contributed by atoms with Crippen LogP contribution in [-0.4, -0.2) is 31.6 Å². The van der Waals surface area contributed by atoms with Gasteiger partial charge in [0.1, 0.15) is 0 Å². The molecule has 0 fully saturated rings. The first kappa shape index (κ1) is 18.4. The molecule has 0 bridgehead atoms. The van der Waals surface area contributed by atoms with E-state index in [9.17, 15) is 26.4 Å². The normalized spacial score (nSPS) is 13.0. The molecule has 1 aromatic heterocycles. The SMILES string of the molecule is CC(C)(C)C(=O)NCCS(=O)(=O)c1ccc(C(F)(F)F)cn1. The Balaban J connectivity index is 2.73. The molecule has 124 valence electrons. The summed E-state index contributed by atoms with van der Waals surface area (Å²) in [7, 11) is -3.86. The Morgan fingerprint density at radius 3 is 2.23 bits per heavy atom. The first-order chi connectivity index (χ1) is 9.84. The monoisotopic (exact) mass is 338 g/mol. The van der Waals surface area contributed by atoms with Gasteiger partial charge in [0, 0.05) is 18.2 Å². The second-order valence-electron chi connectivity index (χ2n) is 5.71. The second-order valence-corrected chi connectivity index (χ2v) is 7.76. The number of hydrogen-bond donors (Lipinski definition) is 1. The van der Waals surface area contributed by atoms with Crippen molar-refractivity contribution in [1.82, 2.24) is 10.3 Å². The smallest absolute Gasteiger partial charge is 0.355 e. The third kappa shape index (κ3) is 4.97. The fraction of sp³-hybridized carbons (Fsp3) is 0.538. The maximum absolute atomic E-state index is 12.4. The Morgan fingerprint density at radius 1 is 1.23 bits per heavy atom. The lowest BCUT2D eigenvalue weighted by atomic mass is 9.96. The molecule has 0 atom stereocenters. The third-order valence-electron chi connectivity index (χ3n) is 2.72. The lowest BCUT2D eigenvalue weighted by molar-refractivity contribution is -0.138. The number of halogens is 3. The Morgan fingerprint density at radius 2 is 1.82 bits per heavy atom. The number of aromatic nitrogens is 1. The molecule has 1 rings (SSSR count). The molecule has 0 aromatic carbocycles. The molecule has 0 spiro atoms. The van der Waals surface area contributed by atoms with Crippen molar-refractivity contribution >= 4 is 15.7 Å². The van der Waals surface area contributed by atoms with Gasteiger partial charge in [-0.25, -0.2) is 13.4 Å². The molecular weight excluding hydrogens is 321 g/mol. The van der Waals surface area contributed by atoms with Crippen LogP contribution in [0.2, 0.25) is 0 Å². The molecule has 0 unspecified atom stereocenters. The summed E-state index contributed by atoms with van der Waals surface area (Å²) in [5, 5.41) is 2.01. The third-order valence-corrected chi connectivity index (χ3v) is 4.34. The van der Waals surface area contributed by atoms with Crippen molar-refractivity contribution in [2.24, 2.45) is 5.41 Å². The van der Waals surface area contributed by atoms with Crippen LogP contribution in [0.4, 0.5) is 13.2 Å². The molecule has 0 saturated carbocycles. The topological polar surface area (TPSA) is 76.1 Å². The van der Waals surface area contributed by atoms with Crippen LogP contribution in [0.3, 0.4) is 0 Å². The highest BCUT2D eigenvalue weighted by atomic mass is 32.2. The van der Waals surface area contributed by atoms with Gasteiger partial charge in [0.15, 0.2) is 14.9 Å². The van der Waals surface area contributed by atoms with Gasteiger partial charge in [-0.2, -0.15) is 13.2 Å². The fourth-order valence-corrected chi connectivity index (χ4v) is 2.47. The zero-order valence-corrected chi connectivity index (χ0v) is 13.2. The van der Waals surface area contributed by atoms with E-state index < -0.39 is 37.8 Å². The fourth-order valence-electron chi connectivity index (χ4n) is 1.40. The van der Waals surface area contributed by atoms with Crippen LogP contribution < -0.4 is 5.32 Å².